The Bertz CT molecular complexity index is 555. The number of ether oxygens (including phenoxy) is 1. The zero-order valence-electron chi connectivity index (χ0n) is 8.58. The van der Waals surface area contributed by atoms with Crippen LogP contribution < -0.4 is 10.5 Å². The number of aromatic nitrogens is 3. The molecule has 2 aromatic rings. The van der Waals surface area contributed by atoms with Gasteiger partial charge >= 0.3 is 0 Å². The van der Waals surface area contributed by atoms with Crippen LogP contribution in [0.3, 0.4) is 0 Å². The summed E-state index contributed by atoms with van der Waals surface area (Å²) in [6.07, 6.45) is 1.44. The van der Waals surface area contributed by atoms with Gasteiger partial charge in [-0.05, 0) is 12.1 Å². The molecule has 0 saturated heterocycles. The molecule has 0 spiro atoms. The molecule has 2 N–H and O–H groups in total. The van der Waals surface area contributed by atoms with Gasteiger partial charge in [-0.2, -0.15) is 5.26 Å². The number of nitriles is 1. The molecule has 0 aliphatic heterocycles. The number of rotatable bonds is 2. The Labute approximate surface area is 91.9 Å². The molecule has 6 nitrogen and oxygen atoms in total. The Kier molecular flexibility index (Phi) is 2.44. The number of nitrogen functional groups attached to an aromatic ring is 1. The first-order chi connectivity index (χ1) is 7.74. The van der Waals surface area contributed by atoms with E-state index in [-0.39, 0.29) is 5.82 Å². The fourth-order valence-electron chi connectivity index (χ4n) is 1.30. The number of hydrogen-bond donors (Lipinski definition) is 1. The first-order valence-electron chi connectivity index (χ1n) is 4.50. The number of anilines is 1. The summed E-state index contributed by atoms with van der Waals surface area (Å²) in [6, 6.07) is 7.05. The number of hydrogen-bond acceptors (Lipinski definition) is 5. The lowest BCUT2D eigenvalue weighted by Crippen LogP contribution is -2.01. The first-order valence-corrected chi connectivity index (χ1v) is 4.50. The molecule has 0 bridgehead atoms. The summed E-state index contributed by atoms with van der Waals surface area (Å²) in [4.78, 5) is 3.80. The van der Waals surface area contributed by atoms with Gasteiger partial charge in [-0.1, -0.05) is 0 Å². The number of methoxy groups -OCH3 is 1. The van der Waals surface area contributed by atoms with Crippen molar-refractivity contribution in [3.05, 3.63) is 30.4 Å². The molecule has 1 heterocycles. The molecule has 6 heteroatoms. The largest absolute Gasteiger partial charge is 0.497 e. The van der Waals surface area contributed by atoms with Gasteiger partial charge in [0.1, 0.15) is 18.1 Å². The fourth-order valence-corrected chi connectivity index (χ4v) is 1.30. The van der Waals surface area contributed by atoms with Crippen LogP contribution in [0.4, 0.5) is 5.69 Å². The van der Waals surface area contributed by atoms with E-state index in [2.05, 4.69) is 10.1 Å². The van der Waals surface area contributed by atoms with Crippen LogP contribution in [0.5, 0.6) is 5.75 Å². The highest BCUT2D eigenvalue weighted by Crippen LogP contribution is 2.22. The van der Waals surface area contributed by atoms with Crippen LogP contribution in [0, 0.1) is 11.3 Å². The number of benzene rings is 1. The summed E-state index contributed by atoms with van der Waals surface area (Å²) in [5.74, 6) is 0.775. The first kappa shape index (κ1) is 9.98. The van der Waals surface area contributed by atoms with E-state index >= 15 is 0 Å². The SMILES string of the molecule is COc1ccc(-n2cnc(C#N)n2)c(N)c1. The van der Waals surface area contributed by atoms with E-state index in [1.54, 1.807) is 25.3 Å². The molecule has 0 fully saturated rings. The second-order valence-electron chi connectivity index (χ2n) is 3.05. The van der Waals surface area contributed by atoms with Crippen LogP contribution in [0.1, 0.15) is 5.82 Å². The summed E-state index contributed by atoms with van der Waals surface area (Å²) in [5.41, 5.74) is 7.00. The third-order valence-electron chi connectivity index (χ3n) is 2.07. The van der Waals surface area contributed by atoms with Crippen molar-refractivity contribution >= 4 is 5.69 Å². The van der Waals surface area contributed by atoms with Gasteiger partial charge in [0.15, 0.2) is 0 Å². The van der Waals surface area contributed by atoms with Crippen LogP contribution in [0.2, 0.25) is 0 Å². The van der Waals surface area contributed by atoms with E-state index < -0.39 is 0 Å². The van der Waals surface area contributed by atoms with Gasteiger partial charge in [0.25, 0.3) is 5.82 Å². The van der Waals surface area contributed by atoms with Crippen molar-refractivity contribution in [2.75, 3.05) is 12.8 Å². The van der Waals surface area contributed by atoms with E-state index in [0.717, 1.165) is 0 Å². The zero-order chi connectivity index (χ0) is 11.5. The van der Waals surface area contributed by atoms with E-state index in [4.69, 9.17) is 15.7 Å². The third-order valence-corrected chi connectivity index (χ3v) is 2.07. The van der Waals surface area contributed by atoms with Crippen LogP contribution in [-0.4, -0.2) is 21.9 Å². The highest BCUT2D eigenvalue weighted by atomic mass is 16.5. The molecular weight excluding hydrogens is 206 g/mol. The molecule has 0 unspecified atom stereocenters. The van der Waals surface area contributed by atoms with Gasteiger partial charge in [0, 0.05) is 6.07 Å². The van der Waals surface area contributed by atoms with Crippen LogP contribution >= 0.6 is 0 Å². The average Bonchev–Trinajstić information content (AvgIpc) is 2.77. The van der Waals surface area contributed by atoms with Gasteiger partial charge in [-0.15, -0.1) is 5.10 Å². The second-order valence-corrected chi connectivity index (χ2v) is 3.05. The molecule has 0 saturated carbocycles. The lowest BCUT2D eigenvalue weighted by molar-refractivity contribution is 0.415. The molecule has 80 valence electrons. The van der Waals surface area contributed by atoms with Gasteiger partial charge < -0.3 is 10.5 Å². The van der Waals surface area contributed by atoms with Crippen molar-refractivity contribution in [2.45, 2.75) is 0 Å². The Morgan fingerprint density at radius 1 is 1.50 bits per heavy atom. The highest BCUT2D eigenvalue weighted by molar-refractivity contribution is 5.60. The number of nitrogens with two attached hydrogens (primary N) is 1. The molecule has 1 aromatic carbocycles. The molecule has 2 rings (SSSR count). The van der Waals surface area contributed by atoms with E-state index in [1.165, 1.54) is 11.0 Å². The molecule has 0 atom stereocenters. The maximum atomic E-state index is 8.61. The Morgan fingerprint density at radius 2 is 2.31 bits per heavy atom. The highest BCUT2D eigenvalue weighted by Gasteiger charge is 2.06. The lowest BCUT2D eigenvalue weighted by atomic mass is 10.2. The minimum atomic E-state index is 0.107. The summed E-state index contributed by atoms with van der Waals surface area (Å²) in [6.45, 7) is 0. The Balaban J connectivity index is 2.45. The average molecular weight is 215 g/mol. The minimum absolute atomic E-state index is 0.107. The molecule has 0 amide bonds. The third kappa shape index (κ3) is 1.66. The molecule has 0 aliphatic carbocycles. The molecule has 0 radical (unpaired) electrons. The van der Waals surface area contributed by atoms with Crippen LogP contribution in [0.25, 0.3) is 5.69 Å². The summed E-state index contributed by atoms with van der Waals surface area (Å²) >= 11 is 0. The van der Waals surface area contributed by atoms with Crippen molar-refractivity contribution in [2.24, 2.45) is 0 Å². The normalized spacial score (nSPS) is 9.75. The monoisotopic (exact) mass is 215 g/mol. The van der Waals surface area contributed by atoms with E-state index in [9.17, 15) is 0 Å². The summed E-state index contributed by atoms with van der Waals surface area (Å²) in [7, 11) is 1.57. The molecule has 0 aliphatic rings. The van der Waals surface area contributed by atoms with Crippen LogP contribution in [0.15, 0.2) is 24.5 Å². The van der Waals surface area contributed by atoms with E-state index in [1.807, 2.05) is 6.07 Å². The van der Waals surface area contributed by atoms with Gasteiger partial charge in [0.2, 0.25) is 0 Å². The maximum absolute atomic E-state index is 8.61. The lowest BCUT2D eigenvalue weighted by Gasteiger charge is -2.06. The Morgan fingerprint density at radius 3 is 2.88 bits per heavy atom. The van der Waals surface area contributed by atoms with E-state index in [0.29, 0.717) is 17.1 Å². The van der Waals surface area contributed by atoms with Crippen molar-refractivity contribution < 1.29 is 4.74 Å². The predicted molar refractivity (Wildman–Crippen MR) is 57.0 cm³/mol. The van der Waals surface area contributed by atoms with Crippen LogP contribution in [-0.2, 0) is 0 Å². The van der Waals surface area contributed by atoms with Crippen molar-refractivity contribution in [1.29, 1.82) is 5.26 Å². The van der Waals surface area contributed by atoms with Gasteiger partial charge in [0.05, 0.1) is 18.5 Å². The molecular formula is C10H9N5O. The summed E-state index contributed by atoms with van der Waals surface area (Å²) in [5, 5.41) is 12.5. The standard InChI is InChI=1S/C10H9N5O/c1-16-7-2-3-9(8(12)4-7)15-6-13-10(5-11)14-15/h2-4,6H,12H2,1H3. The molecule has 16 heavy (non-hydrogen) atoms. The summed E-state index contributed by atoms with van der Waals surface area (Å²) < 4.78 is 6.49. The fraction of sp³-hybridized carbons (Fsp3) is 0.100. The quantitative estimate of drug-likeness (QED) is 0.746. The van der Waals surface area contributed by atoms with Gasteiger partial charge in [-0.3, -0.25) is 0 Å². The minimum Gasteiger partial charge on any atom is -0.497 e. The van der Waals surface area contributed by atoms with Crippen molar-refractivity contribution in [3.8, 4) is 17.5 Å². The van der Waals surface area contributed by atoms with Crippen molar-refractivity contribution in [1.82, 2.24) is 14.8 Å². The van der Waals surface area contributed by atoms with Crippen molar-refractivity contribution in [3.63, 3.8) is 0 Å². The second kappa shape index (κ2) is 3.90. The Hall–Kier alpha value is -2.55. The van der Waals surface area contributed by atoms with Gasteiger partial charge in [-0.25, -0.2) is 9.67 Å². The number of nitrogens with zero attached hydrogens (tertiary/aromatic N) is 4. The zero-order valence-corrected chi connectivity index (χ0v) is 8.58. The molecule has 1 aromatic heterocycles. The topological polar surface area (TPSA) is 89.8 Å². The smallest absolute Gasteiger partial charge is 0.252 e. The predicted octanol–water partition coefficient (Wildman–Crippen LogP) is 0.730. The maximum Gasteiger partial charge on any atom is 0.252 e.